The zero-order chi connectivity index (χ0) is 18.0. The van der Waals surface area contributed by atoms with Crippen molar-refractivity contribution in [2.24, 2.45) is 0 Å². The van der Waals surface area contributed by atoms with Gasteiger partial charge in [-0.3, -0.25) is 4.79 Å². The maximum atomic E-state index is 12.6. The molecule has 0 aliphatic heterocycles. The molecule has 0 unspecified atom stereocenters. The monoisotopic (exact) mass is 357 g/mol. The third-order valence-corrected chi connectivity index (χ3v) is 5.37. The molecular formula is C21H24ClNO2. The molecule has 0 aromatic heterocycles. The summed E-state index contributed by atoms with van der Waals surface area (Å²) in [5.41, 5.74) is 4.46. The van der Waals surface area contributed by atoms with Crippen molar-refractivity contribution in [2.75, 3.05) is 0 Å². The Balaban J connectivity index is 1.68. The first-order valence-corrected chi connectivity index (χ1v) is 9.15. The van der Waals surface area contributed by atoms with Crippen LogP contribution in [0.4, 0.5) is 0 Å². The Hall–Kier alpha value is -2.00. The fraction of sp³-hybridized carbons (Fsp3) is 0.381. The molecule has 3 rings (SSSR count). The molecule has 0 saturated heterocycles. The molecule has 0 radical (unpaired) electrons. The third kappa shape index (κ3) is 3.98. The maximum Gasteiger partial charge on any atom is 0.261 e. The fourth-order valence-corrected chi connectivity index (χ4v) is 3.53. The van der Waals surface area contributed by atoms with Gasteiger partial charge >= 0.3 is 0 Å². The lowest BCUT2D eigenvalue weighted by molar-refractivity contribution is -0.128. The van der Waals surface area contributed by atoms with E-state index in [0.29, 0.717) is 5.75 Å². The van der Waals surface area contributed by atoms with E-state index >= 15 is 0 Å². The van der Waals surface area contributed by atoms with E-state index in [1.165, 1.54) is 11.1 Å². The van der Waals surface area contributed by atoms with Crippen LogP contribution in [0.25, 0.3) is 0 Å². The van der Waals surface area contributed by atoms with E-state index in [-0.39, 0.29) is 11.9 Å². The van der Waals surface area contributed by atoms with Crippen molar-refractivity contribution in [1.29, 1.82) is 0 Å². The number of nitrogens with one attached hydrogen (secondary N) is 1. The van der Waals surface area contributed by atoms with E-state index in [2.05, 4.69) is 23.5 Å². The van der Waals surface area contributed by atoms with Gasteiger partial charge in [-0.2, -0.15) is 0 Å². The minimum absolute atomic E-state index is 0.0668. The van der Waals surface area contributed by atoms with Crippen LogP contribution in [0, 0.1) is 13.8 Å². The summed E-state index contributed by atoms with van der Waals surface area (Å²) in [5.74, 6) is 0.582. The summed E-state index contributed by atoms with van der Waals surface area (Å²) in [7, 11) is 0. The van der Waals surface area contributed by atoms with E-state index < -0.39 is 6.10 Å². The lowest BCUT2D eigenvalue weighted by Crippen LogP contribution is -2.39. The molecule has 4 heteroatoms. The molecule has 2 aromatic carbocycles. The molecule has 3 nitrogen and oxygen atoms in total. The van der Waals surface area contributed by atoms with E-state index in [9.17, 15) is 4.79 Å². The molecule has 0 spiro atoms. The predicted octanol–water partition coefficient (Wildman–Crippen LogP) is 4.92. The molecular weight excluding hydrogens is 334 g/mol. The van der Waals surface area contributed by atoms with E-state index in [1.807, 2.05) is 32.0 Å². The number of hydrogen-bond donors (Lipinski definition) is 1. The topological polar surface area (TPSA) is 38.3 Å². The number of hydrogen-bond acceptors (Lipinski definition) is 2. The van der Waals surface area contributed by atoms with Crippen molar-refractivity contribution in [1.82, 2.24) is 5.32 Å². The number of amides is 1. The predicted molar refractivity (Wildman–Crippen MR) is 101 cm³/mol. The van der Waals surface area contributed by atoms with Crippen LogP contribution in [0.1, 0.15) is 48.1 Å². The zero-order valence-electron chi connectivity index (χ0n) is 14.9. The minimum Gasteiger partial charge on any atom is -0.481 e. The molecule has 1 N–H and O–H groups in total. The second kappa shape index (κ2) is 7.49. The van der Waals surface area contributed by atoms with Gasteiger partial charge in [-0.05, 0) is 74.4 Å². The number of fused-ring (bicyclic) bond motifs is 1. The Morgan fingerprint density at radius 3 is 2.64 bits per heavy atom. The first kappa shape index (κ1) is 17.8. The van der Waals surface area contributed by atoms with Crippen LogP contribution >= 0.6 is 11.6 Å². The summed E-state index contributed by atoms with van der Waals surface area (Å²) in [4.78, 5) is 12.6. The molecule has 0 bridgehead atoms. The molecule has 0 saturated carbocycles. The van der Waals surface area contributed by atoms with Crippen molar-refractivity contribution in [2.45, 2.75) is 52.2 Å². The molecule has 1 amide bonds. The fourth-order valence-electron chi connectivity index (χ4n) is 3.42. The molecule has 0 fully saturated rings. The van der Waals surface area contributed by atoms with Crippen molar-refractivity contribution in [3.8, 4) is 5.75 Å². The number of ether oxygens (including phenoxy) is 1. The highest BCUT2D eigenvalue weighted by Gasteiger charge is 2.24. The largest absolute Gasteiger partial charge is 0.481 e. The Kier molecular flexibility index (Phi) is 5.33. The van der Waals surface area contributed by atoms with Crippen LogP contribution in [0.5, 0.6) is 5.75 Å². The van der Waals surface area contributed by atoms with Crippen molar-refractivity contribution in [3.05, 3.63) is 63.7 Å². The first-order valence-electron chi connectivity index (χ1n) is 8.77. The molecule has 0 heterocycles. The van der Waals surface area contributed by atoms with Crippen LogP contribution < -0.4 is 10.1 Å². The number of halogens is 1. The number of benzene rings is 2. The maximum absolute atomic E-state index is 12.6. The van der Waals surface area contributed by atoms with Gasteiger partial charge in [0.25, 0.3) is 5.91 Å². The highest BCUT2D eigenvalue weighted by Crippen LogP contribution is 2.30. The standard InChI is InChI=1S/C21H24ClNO2/c1-13-11-17(12-14(2)20(13)22)25-15(3)21(24)23-19-10-6-8-16-7-4-5-9-18(16)19/h4-5,7,9,11-12,15,19H,6,8,10H2,1-3H3,(H,23,24)/t15-,19-/m0/s1. The molecule has 25 heavy (non-hydrogen) atoms. The summed E-state index contributed by atoms with van der Waals surface area (Å²) in [6.07, 6.45) is 2.58. The van der Waals surface area contributed by atoms with Crippen LogP contribution in [0.15, 0.2) is 36.4 Å². The van der Waals surface area contributed by atoms with Gasteiger partial charge in [-0.1, -0.05) is 35.9 Å². The summed E-state index contributed by atoms with van der Waals surface area (Å²) in [6.45, 7) is 5.65. The average molecular weight is 358 g/mol. The van der Waals surface area contributed by atoms with Crippen molar-refractivity contribution < 1.29 is 9.53 Å². The van der Waals surface area contributed by atoms with Gasteiger partial charge in [0, 0.05) is 5.02 Å². The number of rotatable bonds is 4. The summed E-state index contributed by atoms with van der Waals surface area (Å²) < 4.78 is 5.85. The van der Waals surface area contributed by atoms with E-state index in [4.69, 9.17) is 16.3 Å². The molecule has 2 atom stereocenters. The second-order valence-electron chi connectivity index (χ2n) is 6.78. The highest BCUT2D eigenvalue weighted by molar-refractivity contribution is 6.32. The van der Waals surface area contributed by atoms with Crippen LogP contribution in [-0.4, -0.2) is 12.0 Å². The smallest absolute Gasteiger partial charge is 0.261 e. The van der Waals surface area contributed by atoms with Gasteiger partial charge in [-0.25, -0.2) is 0 Å². The Morgan fingerprint density at radius 1 is 1.24 bits per heavy atom. The Bertz CT molecular complexity index is 764. The van der Waals surface area contributed by atoms with Gasteiger partial charge in [-0.15, -0.1) is 0 Å². The summed E-state index contributed by atoms with van der Waals surface area (Å²) >= 11 is 6.19. The Labute approximate surface area is 154 Å². The van der Waals surface area contributed by atoms with Gasteiger partial charge in [0.15, 0.2) is 6.10 Å². The third-order valence-electron chi connectivity index (χ3n) is 4.78. The lowest BCUT2D eigenvalue weighted by Gasteiger charge is -2.27. The van der Waals surface area contributed by atoms with Crippen LogP contribution in [-0.2, 0) is 11.2 Å². The van der Waals surface area contributed by atoms with Gasteiger partial charge in [0.1, 0.15) is 5.75 Å². The summed E-state index contributed by atoms with van der Waals surface area (Å²) in [6, 6.07) is 12.1. The van der Waals surface area contributed by atoms with Crippen LogP contribution in [0.3, 0.4) is 0 Å². The average Bonchev–Trinajstić information content (AvgIpc) is 2.60. The van der Waals surface area contributed by atoms with Crippen molar-refractivity contribution >= 4 is 17.5 Å². The van der Waals surface area contributed by atoms with Crippen LogP contribution in [0.2, 0.25) is 5.02 Å². The highest BCUT2D eigenvalue weighted by atomic mass is 35.5. The number of carbonyl (C=O) groups excluding carboxylic acids is 1. The molecule has 1 aliphatic rings. The zero-order valence-corrected chi connectivity index (χ0v) is 15.7. The molecule has 132 valence electrons. The van der Waals surface area contributed by atoms with Gasteiger partial charge in [0.2, 0.25) is 0 Å². The van der Waals surface area contributed by atoms with Gasteiger partial charge < -0.3 is 10.1 Å². The first-order chi connectivity index (χ1) is 12.0. The lowest BCUT2D eigenvalue weighted by atomic mass is 9.87. The van der Waals surface area contributed by atoms with E-state index in [1.54, 1.807) is 6.92 Å². The molecule has 2 aromatic rings. The van der Waals surface area contributed by atoms with Gasteiger partial charge in [0.05, 0.1) is 6.04 Å². The van der Waals surface area contributed by atoms with Crippen molar-refractivity contribution in [3.63, 3.8) is 0 Å². The Morgan fingerprint density at radius 2 is 1.92 bits per heavy atom. The number of aryl methyl sites for hydroxylation is 3. The van der Waals surface area contributed by atoms with E-state index in [0.717, 1.165) is 35.4 Å². The molecule has 1 aliphatic carbocycles. The minimum atomic E-state index is -0.561. The normalized spacial score (nSPS) is 17.5. The number of carbonyl (C=O) groups is 1. The summed E-state index contributed by atoms with van der Waals surface area (Å²) in [5, 5.41) is 3.88. The second-order valence-corrected chi connectivity index (χ2v) is 7.16. The quantitative estimate of drug-likeness (QED) is 0.843. The SMILES string of the molecule is Cc1cc(O[C@@H](C)C(=O)N[C@H]2CCCc3ccccc32)cc(C)c1Cl.